The summed E-state index contributed by atoms with van der Waals surface area (Å²) < 4.78 is 10.7. The van der Waals surface area contributed by atoms with Gasteiger partial charge in [-0.25, -0.2) is 0 Å². The van der Waals surface area contributed by atoms with Gasteiger partial charge in [-0.2, -0.15) is 0 Å². The zero-order valence-corrected chi connectivity index (χ0v) is 11.5. The van der Waals surface area contributed by atoms with Crippen LogP contribution < -0.4 is 9.47 Å². The van der Waals surface area contributed by atoms with Gasteiger partial charge in [0.25, 0.3) is 0 Å². The van der Waals surface area contributed by atoms with Crippen molar-refractivity contribution in [3.8, 4) is 17.2 Å². The quantitative estimate of drug-likeness (QED) is 0.501. The summed E-state index contributed by atoms with van der Waals surface area (Å²) >= 11 is 0. The Labute approximate surface area is 123 Å². The van der Waals surface area contributed by atoms with E-state index in [0.29, 0.717) is 18.1 Å². The predicted molar refractivity (Wildman–Crippen MR) is 79.3 cm³/mol. The number of phenolic OH excluding ortho intramolecular Hbond substituents is 1. The number of hydrogen-bond donors (Lipinski definition) is 1. The molecule has 2 rings (SSSR count). The van der Waals surface area contributed by atoms with Gasteiger partial charge in [-0.15, -0.1) is 6.58 Å². The number of carbonyl (C=O) groups excluding carboxylic acids is 1. The minimum atomic E-state index is -0.345. The van der Waals surface area contributed by atoms with Crippen molar-refractivity contribution in [1.29, 1.82) is 0 Å². The van der Waals surface area contributed by atoms with E-state index in [9.17, 15) is 9.90 Å². The lowest BCUT2D eigenvalue weighted by Gasteiger charge is -2.07. The summed E-state index contributed by atoms with van der Waals surface area (Å²) in [7, 11) is 0. The molecule has 4 nitrogen and oxygen atoms in total. The average Bonchev–Trinajstić information content (AvgIpc) is 2.48. The van der Waals surface area contributed by atoms with E-state index in [0.717, 1.165) is 5.56 Å². The number of ether oxygens (including phenoxy) is 2. The molecule has 2 aromatic rings. The van der Waals surface area contributed by atoms with Gasteiger partial charge in [-0.05, 0) is 42.0 Å². The number of carbonyl (C=O) groups is 1. The first-order valence-electron chi connectivity index (χ1n) is 6.50. The first-order chi connectivity index (χ1) is 10.2. The fourth-order valence-electron chi connectivity index (χ4n) is 1.65. The predicted octanol–water partition coefficient (Wildman–Crippen LogP) is 3.45. The zero-order valence-electron chi connectivity index (χ0n) is 11.5. The van der Waals surface area contributed by atoms with Crippen molar-refractivity contribution < 1.29 is 19.4 Å². The second-order valence-electron chi connectivity index (χ2n) is 4.39. The SMILES string of the molecule is C=CCC(=O)Oc1ccc(OCc2ccc(O)cc2)cc1. The van der Waals surface area contributed by atoms with Gasteiger partial charge in [-0.1, -0.05) is 18.2 Å². The van der Waals surface area contributed by atoms with Crippen LogP contribution in [0.4, 0.5) is 0 Å². The monoisotopic (exact) mass is 284 g/mol. The molecule has 0 aliphatic rings. The molecular weight excluding hydrogens is 268 g/mol. The normalized spacial score (nSPS) is 9.90. The molecule has 0 atom stereocenters. The van der Waals surface area contributed by atoms with Crippen molar-refractivity contribution in [1.82, 2.24) is 0 Å². The maximum Gasteiger partial charge on any atom is 0.315 e. The van der Waals surface area contributed by atoms with Gasteiger partial charge < -0.3 is 14.6 Å². The Kier molecular flexibility index (Phi) is 4.99. The van der Waals surface area contributed by atoms with E-state index in [-0.39, 0.29) is 18.1 Å². The molecule has 2 aromatic carbocycles. The lowest BCUT2D eigenvalue weighted by Crippen LogP contribution is -2.05. The Hall–Kier alpha value is -2.75. The molecule has 0 saturated heterocycles. The van der Waals surface area contributed by atoms with Gasteiger partial charge in [0.1, 0.15) is 23.9 Å². The van der Waals surface area contributed by atoms with E-state index in [1.54, 1.807) is 48.5 Å². The van der Waals surface area contributed by atoms with Crippen LogP contribution in [0.5, 0.6) is 17.2 Å². The third-order valence-corrected chi connectivity index (χ3v) is 2.71. The second kappa shape index (κ2) is 7.14. The summed E-state index contributed by atoms with van der Waals surface area (Å²) in [6.07, 6.45) is 1.68. The molecule has 0 aliphatic carbocycles. The molecule has 0 fully saturated rings. The van der Waals surface area contributed by atoms with Crippen LogP contribution in [0.25, 0.3) is 0 Å². The summed E-state index contributed by atoms with van der Waals surface area (Å²) in [6, 6.07) is 13.6. The molecule has 0 heterocycles. The van der Waals surface area contributed by atoms with E-state index >= 15 is 0 Å². The smallest absolute Gasteiger partial charge is 0.315 e. The molecular formula is C17H16O4. The third-order valence-electron chi connectivity index (χ3n) is 2.71. The summed E-state index contributed by atoms with van der Waals surface area (Å²) in [5.74, 6) is 1.03. The molecule has 0 aromatic heterocycles. The van der Waals surface area contributed by atoms with Crippen molar-refractivity contribution in [2.75, 3.05) is 0 Å². The van der Waals surface area contributed by atoms with Gasteiger partial charge in [0, 0.05) is 0 Å². The van der Waals surface area contributed by atoms with Gasteiger partial charge in [0.05, 0.1) is 6.42 Å². The number of hydrogen-bond acceptors (Lipinski definition) is 4. The van der Waals surface area contributed by atoms with Gasteiger partial charge in [-0.3, -0.25) is 4.79 Å². The lowest BCUT2D eigenvalue weighted by molar-refractivity contribution is -0.133. The molecule has 0 radical (unpaired) electrons. The Balaban J connectivity index is 1.88. The van der Waals surface area contributed by atoms with E-state index in [1.165, 1.54) is 6.08 Å². The van der Waals surface area contributed by atoms with Crippen molar-refractivity contribution in [3.63, 3.8) is 0 Å². The maximum absolute atomic E-state index is 11.3. The number of esters is 1. The van der Waals surface area contributed by atoms with Crippen LogP contribution in [0.3, 0.4) is 0 Å². The Morgan fingerprint density at radius 1 is 1.05 bits per heavy atom. The van der Waals surface area contributed by atoms with Crippen LogP contribution in [0.2, 0.25) is 0 Å². The zero-order chi connectivity index (χ0) is 15.1. The van der Waals surface area contributed by atoms with Crippen LogP contribution in [-0.2, 0) is 11.4 Å². The Morgan fingerprint density at radius 2 is 1.67 bits per heavy atom. The fraction of sp³-hybridized carbons (Fsp3) is 0.118. The van der Waals surface area contributed by atoms with Crippen LogP contribution in [0.15, 0.2) is 61.2 Å². The van der Waals surface area contributed by atoms with Crippen LogP contribution in [0, 0.1) is 0 Å². The highest BCUT2D eigenvalue weighted by atomic mass is 16.5. The highest BCUT2D eigenvalue weighted by Gasteiger charge is 2.03. The number of benzene rings is 2. The summed E-state index contributed by atoms with van der Waals surface area (Å²) in [5, 5.41) is 9.19. The molecule has 21 heavy (non-hydrogen) atoms. The standard InChI is InChI=1S/C17H16O4/c1-2-3-17(19)21-16-10-8-15(9-11-16)20-12-13-4-6-14(18)7-5-13/h2,4-11,18H,1,3,12H2. The van der Waals surface area contributed by atoms with Gasteiger partial charge in [0.15, 0.2) is 0 Å². The molecule has 1 N–H and O–H groups in total. The topological polar surface area (TPSA) is 55.8 Å². The van der Waals surface area contributed by atoms with Gasteiger partial charge >= 0.3 is 5.97 Å². The van der Waals surface area contributed by atoms with Crippen molar-refractivity contribution in [3.05, 3.63) is 66.7 Å². The minimum Gasteiger partial charge on any atom is -0.508 e. The second-order valence-corrected chi connectivity index (χ2v) is 4.39. The van der Waals surface area contributed by atoms with Gasteiger partial charge in [0.2, 0.25) is 0 Å². The van der Waals surface area contributed by atoms with E-state index < -0.39 is 0 Å². The van der Waals surface area contributed by atoms with Crippen molar-refractivity contribution >= 4 is 5.97 Å². The average molecular weight is 284 g/mol. The number of phenols is 1. The Morgan fingerprint density at radius 3 is 2.29 bits per heavy atom. The van der Waals surface area contributed by atoms with E-state index in [2.05, 4.69) is 6.58 Å². The molecule has 0 amide bonds. The number of rotatable bonds is 6. The molecule has 0 unspecified atom stereocenters. The molecule has 0 bridgehead atoms. The molecule has 4 heteroatoms. The molecule has 108 valence electrons. The summed E-state index contributed by atoms with van der Waals surface area (Å²) in [4.78, 5) is 11.3. The van der Waals surface area contributed by atoms with Crippen molar-refractivity contribution in [2.45, 2.75) is 13.0 Å². The Bertz CT molecular complexity index is 600. The highest BCUT2D eigenvalue weighted by Crippen LogP contribution is 2.19. The maximum atomic E-state index is 11.3. The minimum absolute atomic E-state index is 0.180. The first-order valence-corrected chi connectivity index (χ1v) is 6.50. The summed E-state index contributed by atoms with van der Waals surface area (Å²) in [6.45, 7) is 3.88. The molecule has 0 spiro atoms. The lowest BCUT2D eigenvalue weighted by atomic mass is 10.2. The van der Waals surface area contributed by atoms with Crippen LogP contribution >= 0.6 is 0 Å². The fourth-order valence-corrected chi connectivity index (χ4v) is 1.65. The first kappa shape index (κ1) is 14.7. The highest BCUT2D eigenvalue weighted by molar-refractivity contribution is 5.73. The largest absolute Gasteiger partial charge is 0.508 e. The molecule has 0 aliphatic heterocycles. The summed E-state index contributed by atoms with van der Waals surface area (Å²) in [5.41, 5.74) is 0.953. The van der Waals surface area contributed by atoms with Crippen LogP contribution in [0.1, 0.15) is 12.0 Å². The molecule has 0 saturated carbocycles. The van der Waals surface area contributed by atoms with E-state index in [4.69, 9.17) is 9.47 Å². The van der Waals surface area contributed by atoms with E-state index in [1.807, 2.05) is 0 Å². The van der Waals surface area contributed by atoms with Crippen LogP contribution in [-0.4, -0.2) is 11.1 Å². The number of aromatic hydroxyl groups is 1. The van der Waals surface area contributed by atoms with Crippen molar-refractivity contribution in [2.24, 2.45) is 0 Å². The third kappa shape index (κ3) is 4.69.